The Bertz CT molecular complexity index is 475. The van der Waals surface area contributed by atoms with Crippen LogP contribution < -0.4 is 0 Å². The van der Waals surface area contributed by atoms with Gasteiger partial charge in [-0.15, -0.1) is 21.5 Å². The molecule has 0 atom stereocenters. The van der Waals surface area contributed by atoms with Gasteiger partial charge < -0.3 is 4.57 Å². The fourth-order valence-electron chi connectivity index (χ4n) is 1.31. The van der Waals surface area contributed by atoms with Gasteiger partial charge in [0.25, 0.3) is 0 Å². The standard InChI is InChI=1S/C9H9Br2N3S/c1-5(2)14-4-12-13-9(14)6-3-7(10)15-8(6)11/h3-5H,1-2H3. The molecule has 0 aliphatic carbocycles. The van der Waals surface area contributed by atoms with Gasteiger partial charge >= 0.3 is 0 Å². The Morgan fingerprint density at radius 1 is 1.40 bits per heavy atom. The van der Waals surface area contributed by atoms with Gasteiger partial charge in [0.1, 0.15) is 6.33 Å². The van der Waals surface area contributed by atoms with E-state index in [4.69, 9.17) is 0 Å². The van der Waals surface area contributed by atoms with Crippen molar-refractivity contribution in [2.75, 3.05) is 0 Å². The Morgan fingerprint density at radius 2 is 2.13 bits per heavy atom. The zero-order valence-electron chi connectivity index (χ0n) is 8.24. The molecule has 3 nitrogen and oxygen atoms in total. The van der Waals surface area contributed by atoms with Crippen LogP contribution in [0.3, 0.4) is 0 Å². The molecule has 0 radical (unpaired) electrons. The van der Waals surface area contributed by atoms with Crippen molar-refractivity contribution in [3.63, 3.8) is 0 Å². The first-order valence-corrected chi connectivity index (χ1v) is 6.84. The molecule has 0 saturated carbocycles. The second-order valence-corrected chi connectivity index (χ2v) is 7.14. The Balaban J connectivity index is 2.54. The highest BCUT2D eigenvalue weighted by Crippen LogP contribution is 2.38. The normalized spacial score (nSPS) is 11.3. The number of thiophene rings is 1. The Morgan fingerprint density at radius 3 is 2.67 bits per heavy atom. The van der Waals surface area contributed by atoms with E-state index < -0.39 is 0 Å². The van der Waals surface area contributed by atoms with Crippen molar-refractivity contribution < 1.29 is 0 Å². The lowest BCUT2D eigenvalue weighted by Crippen LogP contribution is -2.01. The maximum Gasteiger partial charge on any atom is 0.166 e. The van der Waals surface area contributed by atoms with Gasteiger partial charge in [-0.1, -0.05) is 0 Å². The Kier molecular flexibility index (Phi) is 3.27. The van der Waals surface area contributed by atoms with Crippen LogP contribution in [0.15, 0.2) is 20.0 Å². The zero-order valence-corrected chi connectivity index (χ0v) is 12.2. The predicted molar refractivity (Wildman–Crippen MR) is 69.1 cm³/mol. The molecule has 2 aromatic rings. The van der Waals surface area contributed by atoms with E-state index in [1.807, 2.05) is 0 Å². The van der Waals surface area contributed by atoms with Crippen molar-refractivity contribution in [3.8, 4) is 11.4 Å². The van der Waals surface area contributed by atoms with E-state index in [9.17, 15) is 0 Å². The summed E-state index contributed by atoms with van der Waals surface area (Å²) in [4.78, 5) is 0. The second kappa shape index (κ2) is 4.35. The first kappa shape index (κ1) is 11.3. The van der Waals surface area contributed by atoms with Crippen LogP contribution in [0.4, 0.5) is 0 Å². The zero-order chi connectivity index (χ0) is 11.0. The van der Waals surface area contributed by atoms with Gasteiger partial charge in [0, 0.05) is 11.6 Å². The van der Waals surface area contributed by atoms with E-state index in [1.165, 1.54) is 0 Å². The molecular formula is C9H9Br2N3S. The van der Waals surface area contributed by atoms with Crippen LogP contribution >= 0.6 is 43.2 Å². The molecule has 0 aliphatic rings. The minimum Gasteiger partial charge on any atom is -0.311 e. The van der Waals surface area contributed by atoms with Crippen LogP contribution in [0.2, 0.25) is 0 Å². The summed E-state index contributed by atoms with van der Waals surface area (Å²) in [6, 6.07) is 2.41. The summed E-state index contributed by atoms with van der Waals surface area (Å²) >= 11 is 8.63. The topological polar surface area (TPSA) is 30.7 Å². The molecule has 0 spiro atoms. The summed E-state index contributed by atoms with van der Waals surface area (Å²) < 4.78 is 4.21. The number of hydrogen-bond acceptors (Lipinski definition) is 3. The van der Waals surface area contributed by atoms with Crippen molar-refractivity contribution >= 4 is 43.2 Å². The van der Waals surface area contributed by atoms with E-state index in [0.717, 1.165) is 19.0 Å². The molecule has 2 heterocycles. The second-order valence-electron chi connectivity index (χ2n) is 3.39. The van der Waals surface area contributed by atoms with E-state index in [0.29, 0.717) is 6.04 Å². The van der Waals surface area contributed by atoms with Crippen molar-refractivity contribution in [1.82, 2.24) is 14.8 Å². The quantitative estimate of drug-likeness (QED) is 0.815. The molecule has 0 aromatic carbocycles. The van der Waals surface area contributed by atoms with E-state index in [-0.39, 0.29) is 0 Å². The largest absolute Gasteiger partial charge is 0.311 e. The third-order valence-corrected chi connectivity index (χ3v) is 4.37. The Hall–Kier alpha value is -0.200. The molecule has 80 valence electrons. The van der Waals surface area contributed by atoms with Gasteiger partial charge in [-0.3, -0.25) is 0 Å². The molecule has 2 aromatic heterocycles. The van der Waals surface area contributed by atoms with Crippen molar-refractivity contribution in [3.05, 3.63) is 20.0 Å². The molecular weight excluding hydrogens is 342 g/mol. The first-order valence-electron chi connectivity index (χ1n) is 4.44. The summed E-state index contributed by atoms with van der Waals surface area (Å²) in [7, 11) is 0. The van der Waals surface area contributed by atoms with Crippen molar-refractivity contribution in [2.45, 2.75) is 19.9 Å². The monoisotopic (exact) mass is 349 g/mol. The smallest absolute Gasteiger partial charge is 0.166 e. The lowest BCUT2D eigenvalue weighted by Gasteiger charge is -2.08. The van der Waals surface area contributed by atoms with Gasteiger partial charge in [0.15, 0.2) is 5.82 Å². The number of hydrogen-bond donors (Lipinski definition) is 0. The molecule has 0 unspecified atom stereocenters. The molecule has 0 bridgehead atoms. The molecule has 0 fully saturated rings. The van der Waals surface area contributed by atoms with E-state index >= 15 is 0 Å². The summed E-state index contributed by atoms with van der Waals surface area (Å²) in [5, 5.41) is 8.10. The highest BCUT2D eigenvalue weighted by Gasteiger charge is 2.15. The molecule has 0 aliphatic heterocycles. The average Bonchev–Trinajstić information content (AvgIpc) is 2.71. The SMILES string of the molecule is CC(C)n1cnnc1-c1cc(Br)sc1Br. The van der Waals surface area contributed by atoms with E-state index in [2.05, 4.69) is 66.5 Å². The van der Waals surface area contributed by atoms with Gasteiger partial charge in [-0.2, -0.15) is 0 Å². The fourth-order valence-corrected chi connectivity index (χ4v) is 4.10. The number of aromatic nitrogens is 3. The van der Waals surface area contributed by atoms with Gasteiger partial charge in [0.2, 0.25) is 0 Å². The summed E-state index contributed by atoms with van der Waals surface area (Å²) in [5.74, 6) is 0.902. The van der Waals surface area contributed by atoms with Gasteiger partial charge in [-0.25, -0.2) is 0 Å². The number of rotatable bonds is 2. The molecule has 15 heavy (non-hydrogen) atoms. The van der Waals surface area contributed by atoms with Gasteiger partial charge in [-0.05, 0) is 51.8 Å². The van der Waals surface area contributed by atoms with Crippen molar-refractivity contribution in [1.29, 1.82) is 0 Å². The fraction of sp³-hybridized carbons (Fsp3) is 0.333. The molecule has 0 N–H and O–H groups in total. The summed E-state index contributed by atoms with van der Waals surface area (Å²) in [6.45, 7) is 4.23. The van der Waals surface area contributed by atoms with Crippen LogP contribution in [-0.2, 0) is 0 Å². The van der Waals surface area contributed by atoms with Crippen LogP contribution in [-0.4, -0.2) is 14.8 Å². The number of halogens is 2. The van der Waals surface area contributed by atoms with E-state index in [1.54, 1.807) is 17.7 Å². The van der Waals surface area contributed by atoms with Crippen LogP contribution in [0.25, 0.3) is 11.4 Å². The lowest BCUT2D eigenvalue weighted by atomic mass is 10.3. The summed E-state index contributed by atoms with van der Waals surface area (Å²) in [5.41, 5.74) is 1.08. The third-order valence-electron chi connectivity index (χ3n) is 2.03. The molecule has 2 rings (SSSR count). The highest BCUT2D eigenvalue weighted by atomic mass is 79.9. The third kappa shape index (κ3) is 2.16. The average molecular weight is 351 g/mol. The number of nitrogens with zero attached hydrogens (tertiary/aromatic N) is 3. The highest BCUT2D eigenvalue weighted by molar-refractivity contribution is 9.12. The van der Waals surface area contributed by atoms with Crippen LogP contribution in [0.1, 0.15) is 19.9 Å². The van der Waals surface area contributed by atoms with Crippen LogP contribution in [0.5, 0.6) is 0 Å². The minimum absolute atomic E-state index is 0.362. The van der Waals surface area contributed by atoms with Crippen molar-refractivity contribution in [2.24, 2.45) is 0 Å². The molecule has 6 heteroatoms. The Labute approximate surface area is 109 Å². The maximum absolute atomic E-state index is 4.15. The lowest BCUT2D eigenvalue weighted by molar-refractivity contribution is 0.604. The first-order chi connectivity index (χ1) is 7.09. The maximum atomic E-state index is 4.15. The molecule has 0 amide bonds. The minimum atomic E-state index is 0.362. The summed E-state index contributed by atoms with van der Waals surface area (Å²) in [6.07, 6.45) is 1.76. The molecule has 0 saturated heterocycles. The van der Waals surface area contributed by atoms with Crippen LogP contribution in [0, 0.1) is 0 Å². The predicted octanol–water partition coefficient (Wildman–Crippen LogP) is 4.11. The van der Waals surface area contributed by atoms with Gasteiger partial charge in [0.05, 0.1) is 7.57 Å².